The van der Waals surface area contributed by atoms with Crippen molar-refractivity contribution in [1.82, 2.24) is 9.78 Å². The summed E-state index contributed by atoms with van der Waals surface area (Å²) in [6.45, 7) is 1.55. The maximum absolute atomic E-state index is 11.9. The fourth-order valence-electron chi connectivity index (χ4n) is 2.12. The van der Waals surface area contributed by atoms with Gasteiger partial charge < -0.3 is 14.2 Å². The van der Waals surface area contributed by atoms with E-state index >= 15 is 0 Å². The largest absolute Gasteiger partial charge is 0.493 e. The third-order valence-corrected chi connectivity index (χ3v) is 3.41. The minimum absolute atomic E-state index is 0.382. The lowest BCUT2D eigenvalue weighted by Crippen LogP contribution is -2.30. The monoisotopic (exact) mass is 318 g/mol. The number of carbonyl (C=O) groups excluding carboxylic acids is 1. The molecular formula is C16H18N2O5. The number of aromatic nitrogens is 2. The lowest BCUT2D eigenvalue weighted by molar-refractivity contribution is -0.144. The molecule has 0 fully saturated rings. The van der Waals surface area contributed by atoms with Gasteiger partial charge in [-0.2, -0.15) is 5.10 Å². The van der Waals surface area contributed by atoms with Crippen LogP contribution in [0.5, 0.6) is 11.5 Å². The van der Waals surface area contributed by atoms with Gasteiger partial charge in [0.05, 0.1) is 27.0 Å². The van der Waals surface area contributed by atoms with Crippen molar-refractivity contribution in [2.75, 3.05) is 21.3 Å². The molecule has 0 saturated carbocycles. The van der Waals surface area contributed by atoms with Gasteiger partial charge in [0.2, 0.25) is 0 Å². The maximum Gasteiger partial charge on any atom is 0.330 e. The van der Waals surface area contributed by atoms with E-state index < -0.39 is 12.0 Å². The molecule has 23 heavy (non-hydrogen) atoms. The average Bonchev–Trinajstić information content (AvgIpc) is 2.60. The summed E-state index contributed by atoms with van der Waals surface area (Å²) in [6.07, 6.45) is 0. The minimum atomic E-state index is -0.812. The molecule has 1 aromatic carbocycles. The van der Waals surface area contributed by atoms with Crippen molar-refractivity contribution in [3.63, 3.8) is 0 Å². The van der Waals surface area contributed by atoms with E-state index in [4.69, 9.17) is 9.47 Å². The molecule has 7 nitrogen and oxygen atoms in total. The van der Waals surface area contributed by atoms with Crippen molar-refractivity contribution in [1.29, 1.82) is 0 Å². The Kier molecular flexibility index (Phi) is 5.00. The van der Waals surface area contributed by atoms with Crippen molar-refractivity contribution in [2.45, 2.75) is 13.0 Å². The smallest absolute Gasteiger partial charge is 0.330 e. The number of hydrogen-bond acceptors (Lipinski definition) is 6. The van der Waals surface area contributed by atoms with E-state index in [1.807, 2.05) is 0 Å². The second-order valence-electron chi connectivity index (χ2n) is 4.77. The van der Waals surface area contributed by atoms with Gasteiger partial charge >= 0.3 is 5.97 Å². The Hall–Kier alpha value is -2.83. The standard InChI is InChI=1S/C16H18N2O5/c1-10(16(20)23-4)18-15(19)8-6-12(17-18)11-5-7-13(21-2)14(9-11)22-3/h5-10H,1-4H3/t10-/m1/s1. The molecule has 0 amide bonds. The lowest BCUT2D eigenvalue weighted by Gasteiger charge is -2.13. The highest BCUT2D eigenvalue weighted by atomic mass is 16.5. The first-order valence-corrected chi connectivity index (χ1v) is 6.92. The van der Waals surface area contributed by atoms with Crippen LogP contribution in [-0.2, 0) is 9.53 Å². The van der Waals surface area contributed by atoms with Crippen LogP contribution in [0.1, 0.15) is 13.0 Å². The van der Waals surface area contributed by atoms with E-state index in [2.05, 4.69) is 9.84 Å². The molecular weight excluding hydrogens is 300 g/mol. The van der Waals surface area contributed by atoms with Crippen LogP contribution in [0.15, 0.2) is 35.1 Å². The number of benzene rings is 1. The number of nitrogens with zero attached hydrogens (tertiary/aromatic N) is 2. The SMILES string of the molecule is COC(=O)[C@@H](C)n1nc(-c2ccc(OC)c(OC)c2)ccc1=O. The van der Waals surface area contributed by atoms with Gasteiger partial charge in [-0.25, -0.2) is 9.48 Å². The molecule has 0 radical (unpaired) electrons. The highest BCUT2D eigenvalue weighted by molar-refractivity contribution is 5.73. The summed E-state index contributed by atoms with van der Waals surface area (Å²) in [5.74, 6) is 0.599. The average molecular weight is 318 g/mol. The van der Waals surface area contributed by atoms with Crippen molar-refractivity contribution in [3.05, 3.63) is 40.7 Å². The molecule has 0 saturated heterocycles. The molecule has 2 rings (SSSR count). The predicted octanol–water partition coefficient (Wildman–Crippen LogP) is 1.66. The Bertz CT molecular complexity index is 769. The molecule has 7 heteroatoms. The highest BCUT2D eigenvalue weighted by Crippen LogP contribution is 2.31. The summed E-state index contributed by atoms with van der Waals surface area (Å²) < 4.78 is 16.2. The number of hydrogen-bond donors (Lipinski definition) is 0. The van der Waals surface area contributed by atoms with E-state index in [1.54, 1.807) is 38.3 Å². The van der Waals surface area contributed by atoms with Crippen LogP contribution < -0.4 is 15.0 Å². The molecule has 0 aliphatic carbocycles. The van der Waals surface area contributed by atoms with Gasteiger partial charge in [0, 0.05) is 11.6 Å². The molecule has 122 valence electrons. The fourth-order valence-corrected chi connectivity index (χ4v) is 2.12. The topological polar surface area (TPSA) is 79.7 Å². The summed E-state index contributed by atoms with van der Waals surface area (Å²) in [5, 5.41) is 4.25. The molecule has 1 heterocycles. The van der Waals surface area contributed by atoms with E-state index in [9.17, 15) is 9.59 Å². The van der Waals surface area contributed by atoms with Gasteiger partial charge in [-0.15, -0.1) is 0 Å². The fraction of sp³-hybridized carbons (Fsp3) is 0.312. The third-order valence-electron chi connectivity index (χ3n) is 3.41. The number of ether oxygens (including phenoxy) is 3. The first-order chi connectivity index (χ1) is 11.0. The summed E-state index contributed by atoms with van der Waals surface area (Å²) in [7, 11) is 4.35. The normalized spacial score (nSPS) is 11.7. The van der Waals surface area contributed by atoms with Crippen molar-refractivity contribution in [2.24, 2.45) is 0 Å². The first-order valence-electron chi connectivity index (χ1n) is 6.92. The van der Waals surface area contributed by atoms with Crippen LogP contribution in [0.4, 0.5) is 0 Å². The quantitative estimate of drug-likeness (QED) is 0.780. The van der Waals surface area contributed by atoms with Crippen molar-refractivity contribution < 1.29 is 19.0 Å². The van der Waals surface area contributed by atoms with Crippen molar-refractivity contribution >= 4 is 5.97 Å². The predicted molar refractivity (Wildman–Crippen MR) is 83.8 cm³/mol. The Morgan fingerprint density at radius 1 is 1.09 bits per heavy atom. The number of methoxy groups -OCH3 is 3. The molecule has 0 unspecified atom stereocenters. The minimum Gasteiger partial charge on any atom is -0.493 e. The third kappa shape index (κ3) is 3.33. The van der Waals surface area contributed by atoms with Gasteiger partial charge in [0.15, 0.2) is 17.5 Å². The lowest BCUT2D eigenvalue weighted by atomic mass is 10.1. The Morgan fingerprint density at radius 2 is 1.78 bits per heavy atom. The number of esters is 1. The Morgan fingerprint density at radius 3 is 2.39 bits per heavy atom. The molecule has 0 N–H and O–H groups in total. The zero-order chi connectivity index (χ0) is 17.0. The molecule has 0 bridgehead atoms. The maximum atomic E-state index is 11.9. The van der Waals surface area contributed by atoms with Crippen molar-refractivity contribution in [3.8, 4) is 22.8 Å². The van der Waals surface area contributed by atoms with Crippen LogP contribution in [0.3, 0.4) is 0 Å². The van der Waals surface area contributed by atoms with Gasteiger partial charge in [0.1, 0.15) is 0 Å². The summed E-state index contributed by atoms with van der Waals surface area (Å²) >= 11 is 0. The first kappa shape index (κ1) is 16.5. The van der Waals surface area contributed by atoms with Crippen LogP contribution in [0.25, 0.3) is 11.3 Å². The highest BCUT2D eigenvalue weighted by Gasteiger charge is 2.18. The van der Waals surface area contributed by atoms with E-state index in [0.717, 1.165) is 10.2 Å². The number of rotatable bonds is 5. The second kappa shape index (κ2) is 6.95. The van der Waals surface area contributed by atoms with Crippen LogP contribution in [-0.4, -0.2) is 37.1 Å². The van der Waals surface area contributed by atoms with Gasteiger partial charge in [-0.05, 0) is 31.2 Å². The zero-order valence-electron chi connectivity index (χ0n) is 13.4. The van der Waals surface area contributed by atoms with Gasteiger partial charge in [0.25, 0.3) is 5.56 Å². The Labute approximate surface area is 133 Å². The molecule has 0 spiro atoms. The van der Waals surface area contributed by atoms with Gasteiger partial charge in [-0.3, -0.25) is 4.79 Å². The number of carbonyl (C=O) groups is 1. The van der Waals surface area contributed by atoms with E-state index in [-0.39, 0.29) is 5.56 Å². The molecule has 0 aliphatic heterocycles. The Balaban J connectivity index is 2.49. The van der Waals surface area contributed by atoms with Gasteiger partial charge in [-0.1, -0.05) is 0 Å². The summed E-state index contributed by atoms with van der Waals surface area (Å²) in [4.78, 5) is 23.6. The van der Waals surface area contributed by atoms with E-state index in [0.29, 0.717) is 17.2 Å². The van der Waals surface area contributed by atoms with E-state index in [1.165, 1.54) is 20.3 Å². The second-order valence-corrected chi connectivity index (χ2v) is 4.77. The zero-order valence-corrected chi connectivity index (χ0v) is 13.4. The van der Waals surface area contributed by atoms with Crippen LogP contribution >= 0.6 is 0 Å². The molecule has 0 aliphatic rings. The molecule has 1 atom stereocenters. The summed E-state index contributed by atoms with van der Waals surface area (Å²) in [6, 6.07) is 7.42. The summed E-state index contributed by atoms with van der Waals surface area (Å²) in [5.41, 5.74) is 0.877. The molecule has 1 aromatic heterocycles. The van der Waals surface area contributed by atoms with Crippen LogP contribution in [0.2, 0.25) is 0 Å². The van der Waals surface area contributed by atoms with Crippen LogP contribution in [0, 0.1) is 0 Å². The molecule has 2 aromatic rings.